The highest BCUT2D eigenvalue weighted by molar-refractivity contribution is 5.90. The second-order valence-electron chi connectivity index (χ2n) is 4.02. The van der Waals surface area contributed by atoms with Gasteiger partial charge in [-0.25, -0.2) is 4.98 Å². The van der Waals surface area contributed by atoms with Crippen LogP contribution in [-0.2, 0) is 16.0 Å². The van der Waals surface area contributed by atoms with Gasteiger partial charge < -0.3 is 15.2 Å². The van der Waals surface area contributed by atoms with Crippen molar-refractivity contribution >= 4 is 11.9 Å². The minimum Gasteiger partial charge on any atom is -0.481 e. The molecule has 1 heterocycles. The largest absolute Gasteiger partial charge is 0.481 e. The van der Waals surface area contributed by atoms with E-state index in [0.29, 0.717) is 5.82 Å². The van der Waals surface area contributed by atoms with E-state index in [-0.39, 0.29) is 18.8 Å². The number of hydrogen-bond donors (Lipinski definition) is 3. The zero-order chi connectivity index (χ0) is 14.3. The molecule has 1 unspecified atom stereocenters. The summed E-state index contributed by atoms with van der Waals surface area (Å²) in [7, 11) is 1.39. The Morgan fingerprint density at radius 3 is 2.84 bits per heavy atom. The number of aryl methyl sites for hydroxylation is 1. The lowest BCUT2D eigenvalue weighted by atomic mass is 10.2. The van der Waals surface area contributed by atoms with Gasteiger partial charge in [-0.15, -0.1) is 5.10 Å². The van der Waals surface area contributed by atoms with E-state index in [0.717, 1.165) is 12.8 Å². The molecule has 19 heavy (non-hydrogen) atoms. The predicted molar refractivity (Wildman–Crippen MR) is 65.8 cm³/mol. The van der Waals surface area contributed by atoms with Crippen molar-refractivity contribution in [1.29, 1.82) is 0 Å². The highest BCUT2D eigenvalue weighted by Gasteiger charge is 2.16. The first-order valence-corrected chi connectivity index (χ1v) is 6.00. The molecule has 1 atom stereocenters. The molecule has 106 valence electrons. The van der Waals surface area contributed by atoms with Gasteiger partial charge in [0.25, 0.3) is 5.91 Å². The van der Waals surface area contributed by atoms with Gasteiger partial charge in [-0.2, -0.15) is 0 Å². The van der Waals surface area contributed by atoms with Crippen molar-refractivity contribution in [2.24, 2.45) is 0 Å². The van der Waals surface area contributed by atoms with Crippen molar-refractivity contribution in [1.82, 2.24) is 20.5 Å². The molecule has 1 amide bonds. The number of aliphatic carboxylic acids is 1. The lowest BCUT2D eigenvalue weighted by Crippen LogP contribution is -2.35. The number of methoxy groups -OCH3 is 1. The zero-order valence-corrected chi connectivity index (χ0v) is 11.0. The molecule has 0 aromatic carbocycles. The molecule has 1 rings (SSSR count). The topological polar surface area (TPSA) is 117 Å². The number of amides is 1. The summed E-state index contributed by atoms with van der Waals surface area (Å²) >= 11 is 0. The third kappa shape index (κ3) is 5.04. The highest BCUT2D eigenvalue weighted by Crippen LogP contribution is 1.98. The summed E-state index contributed by atoms with van der Waals surface area (Å²) in [6.07, 6.45) is 0.877. The van der Waals surface area contributed by atoms with Crippen molar-refractivity contribution in [3.05, 3.63) is 11.6 Å². The first kappa shape index (κ1) is 15.1. The molecule has 0 fully saturated rings. The molecule has 0 aliphatic rings. The third-order valence-electron chi connectivity index (χ3n) is 2.45. The summed E-state index contributed by atoms with van der Waals surface area (Å²) in [5.74, 6) is -0.731. The predicted octanol–water partition coefficient (Wildman–Crippen LogP) is -0.0233. The molecule has 0 saturated carbocycles. The molecule has 8 nitrogen and oxygen atoms in total. The normalized spacial score (nSPS) is 12.1. The smallest absolute Gasteiger partial charge is 0.306 e. The second-order valence-corrected chi connectivity index (χ2v) is 4.02. The molecule has 0 aliphatic heterocycles. The van der Waals surface area contributed by atoms with E-state index in [1.54, 1.807) is 0 Å². The highest BCUT2D eigenvalue weighted by atomic mass is 16.5. The van der Waals surface area contributed by atoms with E-state index < -0.39 is 18.0 Å². The lowest BCUT2D eigenvalue weighted by molar-refractivity contribution is -0.139. The van der Waals surface area contributed by atoms with Gasteiger partial charge in [0.2, 0.25) is 5.82 Å². The fraction of sp³-hybridized carbons (Fsp3) is 0.636. The average Bonchev–Trinajstić information content (AvgIpc) is 2.82. The minimum absolute atomic E-state index is 0.0497. The summed E-state index contributed by atoms with van der Waals surface area (Å²) < 4.78 is 4.95. The van der Waals surface area contributed by atoms with Crippen molar-refractivity contribution in [3.8, 4) is 0 Å². The van der Waals surface area contributed by atoms with Gasteiger partial charge in [0.1, 0.15) is 5.82 Å². The summed E-state index contributed by atoms with van der Waals surface area (Å²) in [6.45, 7) is 2.09. The Labute approximate surface area is 110 Å². The summed E-state index contributed by atoms with van der Waals surface area (Å²) in [4.78, 5) is 26.3. The molecule has 0 bridgehead atoms. The molecule has 0 aliphatic carbocycles. The molecule has 0 spiro atoms. The number of ether oxygens (including phenoxy) is 1. The van der Waals surface area contributed by atoms with Crippen molar-refractivity contribution in [2.45, 2.75) is 32.3 Å². The summed E-state index contributed by atoms with van der Waals surface area (Å²) in [6, 6.07) is 0. The number of carbonyl (C=O) groups excluding carboxylic acids is 1. The Kier molecular flexibility index (Phi) is 5.94. The van der Waals surface area contributed by atoms with Gasteiger partial charge in [-0.1, -0.05) is 6.92 Å². The van der Waals surface area contributed by atoms with E-state index in [9.17, 15) is 9.59 Å². The maximum Gasteiger partial charge on any atom is 0.306 e. The number of carboxylic acid groups (broad SMARTS) is 1. The van der Waals surface area contributed by atoms with Crippen molar-refractivity contribution < 1.29 is 19.4 Å². The fourth-order valence-corrected chi connectivity index (χ4v) is 1.46. The van der Waals surface area contributed by atoms with Crippen LogP contribution in [0.2, 0.25) is 0 Å². The Bertz CT molecular complexity index is 432. The first-order chi connectivity index (χ1) is 9.06. The first-order valence-electron chi connectivity index (χ1n) is 6.00. The zero-order valence-electron chi connectivity index (χ0n) is 11.0. The molecule has 3 N–H and O–H groups in total. The number of rotatable bonds is 8. The number of H-pyrrole nitrogens is 1. The Hall–Kier alpha value is -1.96. The van der Waals surface area contributed by atoms with Gasteiger partial charge in [0.05, 0.1) is 12.5 Å². The van der Waals surface area contributed by atoms with Crippen LogP contribution in [-0.4, -0.2) is 51.9 Å². The third-order valence-corrected chi connectivity index (χ3v) is 2.45. The minimum atomic E-state index is -0.982. The molecule has 0 saturated heterocycles. The molecular formula is C11H18N4O4. The Balaban J connectivity index is 2.47. The molecule has 1 aromatic heterocycles. The van der Waals surface area contributed by atoms with Gasteiger partial charge in [0, 0.05) is 20.1 Å². The quantitative estimate of drug-likeness (QED) is 0.611. The van der Waals surface area contributed by atoms with Crippen LogP contribution < -0.4 is 5.32 Å². The number of carboxylic acids is 1. The van der Waals surface area contributed by atoms with Crippen LogP contribution in [0, 0.1) is 0 Å². The standard InChI is InChI=1S/C11H18N4O4/c1-3-4-8-13-10(15-14-8)11(18)12-6-7(19-2)5-9(16)17/h7H,3-6H2,1-2H3,(H,12,18)(H,16,17)(H,13,14,15). The molecular weight excluding hydrogens is 252 g/mol. The number of carbonyl (C=O) groups is 2. The van der Waals surface area contributed by atoms with Crippen LogP contribution in [0.4, 0.5) is 0 Å². The lowest BCUT2D eigenvalue weighted by Gasteiger charge is -2.12. The van der Waals surface area contributed by atoms with Crippen molar-refractivity contribution in [2.75, 3.05) is 13.7 Å². The maximum atomic E-state index is 11.7. The van der Waals surface area contributed by atoms with Crippen LogP contribution >= 0.6 is 0 Å². The van der Waals surface area contributed by atoms with Crippen molar-refractivity contribution in [3.63, 3.8) is 0 Å². The number of hydrogen-bond acceptors (Lipinski definition) is 5. The number of nitrogens with one attached hydrogen (secondary N) is 2. The molecule has 1 aromatic rings. The molecule has 0 radical (unpaired) electrons. The monoisotopic (exact) mass is 270 g/mol. The van der Waals surface area contributed by atoms with Crippen LogP contribution in [0.25, 0.3) is 0 Å². The van der Waals surface area contributed by atoms with Gasteiger partial charge in [-0.3, -0.25) is 14.7 Å². The van der Waals surface area contributed by atoms with Crippen LogP contribution in [0.15, 0.2) is 0 Å². The molecule has 8 heteroatoms. The summed E-state index contributed by atoms with van der Waals surface area (Å²) in [5.41, 5.74) is 0. The van der Waals surface area contributed by atoms with E-state index in [4.69, 9.17) is 9.84 Å². The van der Waals surface area contributed by atoms with Gasteiger partial charge in [-0.05, 0) is 6.42 Å². The average molecular weight is 270 g/mol. The SMILES string of the molecule is CCCc1nc(C(=O)NCC(CC(=O)O)OC)n[nH]1. The number of aromatic amines is 1. The maximum absolute atomic E-state index is 11.7. The second kappa shape index (κ2) is 7.47. The van der Waals surface area contributed by atoms with E-state index >= 15 is 0 Å². The van der Waals surface area contributed by atoms with Gasteiger partial charge in [0.15, 0.2) is 0 Å². The Morgan fingerprint density at radius 2 is 2.26 bits per heavy atom. The number of nitrogens with zero attached hydrogens (tertiary/aromatic N) is 2. The van der Waals surface area contributed by atoms with Crippen LogP contribution in [0.1, 0.15) is 36.2 Å². The Morgan fingerprint density at radius 1 is 1.53 bits per heavy atom. The fourth-order valence-electron chi connectivity index (χ4n) is 1.46. The number of aromatic nitrogens is 3. The van der Waals surface area contributed by atoms with Crippen LogP contribution in [0.3, 0.4) is 0 Å². The van der Waals surface area contributed by atoms with Crippen LogP contribution in [0.5, 0.6) is 0 Å². The van der Waals surface area contributed by atoms with E-state index in [2.05, 4.69) is 20.5 Å². The summed E-state index contributed by atoms with van der Waals surface area (Å²) in [5, 5.41) is 17.6. The van der Waals surface area contributed by atoms with Gasteiger partial charge >= 0.3 is 5.97 Å². The van der Waals surface area contributed by atoms with E-state index in [1.807, 2.05) is 6.92 Å². The van der Waals surface area contributed by atoms with E-state index in [1.165, 1.54) is 7.11 Å².